The molecule has 1 fully saturated rings. The van der Waals surface area contributed by atoms with Gasteiger partial charge in [-0.3, -0.25) is 14.9 Å². The number of nitrogens with zero attached hydrogens (tertiary/aromatic N) is 2. The molecule has 14 heteroatoms. The number of amides is 2. The molecule has 1 aromatic heterocycles. The summed E-state index contributed by atoms with van der Waals surface area (Å²) in [4.78, 5) is 40.2. The van der Waals surface area contributed by atoms with E-state index in [0.29, 0.717) is 42.5 Å². The van der Waals surface area contributed by atoms with Gasteiger partial charge >= 0.3 is 5.97 Å². The molecule has 44 heavy (non-hydrogen) atoms. The Labute approximate surface area is 262 Å². The number of carboxylic acid groups (broad SMARTS) is 1. The van der Waals surface area contributed by atoms with Gasteiger partial charge in [0, 0.05) is 25.0 Å². The minimum absolute atomic E-state index is 0.00408. The molecular formula is C30H31Cl2N5O7. The molecule has 2 heterocycles. The molecule has 1 aliphatic carbocycles. The molecule has 0 spiro atoms. The van der Waals surface area contributed by atoms with Crippen molar-refractivity contribution < 1.29 is 34.1 Å². The molecule has 5 atom stereocenters. The summed E-state index contributed by atoms with van der Waals surface area (Å²) in [7, 11) is 0. The lowest BCUT2D eigenvalue weighted by molar-refractivity contribution is -0.139. The number of hydrogen-bond donors (Lipinski definition) is 6. The van der Waals surface area contributed by atoms with Crippen LogP contribution in [0.2, 0.25) is 10.0 Å². The Hall–Kier alpha value is -3.86. The van der Waals surface area contributed by atoms with Gasteiger partial charge in [0.1, 0.15) is 11.6 Å². The molecule has 2 amide bonds. The van der Waals surface area contributed by atoms with Crippen molar-refractivity contribution in [2.45, 2.75) is 56.6 Å². The minimum Gasteiger partial charge on any atom is -0.480 e. The van der Waals surface area contributed by atoms with Gasteiger partial charge in [-0.25, -0.2) is 4.79 Å². The first-order chi connectivity index (χ1) is 21.0. The number of aliphatic carboxylic acids is 1. The number of para-hydroxylation sites is 1. The molecule has 0 bridgehead atoms. The van der Waals surface area contributed by atoms with Gasteiger partial charge in [-0.1, -0.05) is 41.4 Å². The number of carbonyl (C=O) groups excluding carboxylic acids is 2. The molecule has 3 aromatic rings. The zero-order valence-electron chi connectivity index (χ0n) is 23.4. The maximum absolute atomic E-state index is 13.3. The van der Waals surface area contributed by atoms with Crippen molar-refractivity contribution in [3.05, 3.63) is 68.9 Å². The average molecular weight is 645 g/mol. The second-order valence-electron chi connectivity index (χ2n) is 11.1. The number of nitrogens with one attached hydrogen (secondary N) is 3. The molecule has 2 aliphatic rings. The highest BCUT2D eigenvalue weighted by molar-refractivity contribution is 6.40. The minimum atomic E-state index is -1.43. The van der Waals surface area contributed by atoms with E-state index in [4.69, 9.17) is 27.6 Å². The van der Waals surface area contributed by atoms with Crippen molar-refractivity contribution in [3.8, 4) is 6.19 Å². The lowest BCUT2D eigenvalue weighted by Gasteiger charge is -2.35. The van der Waals surface area contributed by atoms with Gasteiger partial charge in [0.15, 0.2) is 12.0 Å². The summed E-state index contributed by atoms with van der Waals surface area (Å²) < 4.78 is 5.73. The highest BCUT2D eigenvalue weighted by Crippen LogP contribution is 2.35. The largest absolute Gasteiger partial charge is 0.480 e. The summed E-state index contributed by atoms with van der Waals surface area (Å²) in [6, 6.07) is 9.13. The average Bonchev–Trinajstić information content (AvgIpc) is 3.41. The normalized spacial score (nSPS) is 21.2. The van der Waals surface area contributed by atoms with Crippen molar-refractivity contribution >= 4 is 52.0 Å². The van der Waals surface area contributed by atoms with Crippen molar-refractivity contribution in [2.24, 2.45) is 5.92 Å². The molecule has 2 aromatic carbocycles. The topological polar surface area (TPSA) is 188 Å². The summed E-state index contributed by atoms with van der Waals surface area (Å²) in [5, 5.41) is 47.9. The van der Waals surface area contributed by atoms with Gasteiger partial charge in [-0.05, 0) is 60.9 Å². The lowest BCUT2D eigenvalue weighted by Crippen LogP contribution is -2.55. The number of rotatable bonds is 9. The SMILES string of the molecule is N#CNC(NC[C@H](NC(=O)c1c(Cl)cc2c(c1Cl)CCN(C(=O)c1cc3ccccc3o1)C2)C(=O)O)C1C[C@@H](O)C[C@@H](O)C1. The van der Waals surface area contributed by atoms with Crippen molar-refractivity contribution in [1.82, 2.24) is 20.9 Å². The van der Waals surface area contributed by atoms with E-state index in [1.165, 1.54) is 0 Å². The monoisotopic (exact) mass is 643 g/mol. The van der Waals surface area contributed by atoms with Crippen LogP contribution >= 0.6 is 23.2 Å². The van der Waals surface area contributed by atoms with Crippen LogP contribution < -0.4 is 16.0 Å². The molecule has 5 rings (SSSR count). The second-order valence-corrected chi connectivity index (χ2v) is 11.9. The summed E-state index contributed by atoms with van der Waals surface area (Å²) in [6.45, 7) is 0.221. The third-order valence-electron chi connectivity index (χ3n) is 8.09. The third kappa shape index (κ3) is 6.77. The second kappa shape index (κ2) is 13.4. The number of carbonyl (C=O) groups is 3. The van der Waals surface area contributed by atoms with Crippen molar-refractivity contribution in [1.29, 1.82) is 5.26 Å². The smallest absolute Gasteiger partial charge is 0.327 e. The van der Waals surface area contributed by atoms with Crippen LogP contribution in [0.4, 0.5) is 0 Å². The zero-order valence-corrected chi connectivity index (χ0v) is 24.9. The number of fused-ring (bicyclic) bond motifs is 2. The molecule has 6 N–H and O–H groups in total. The Morgan fingerprint density at radius 3 is 2.52 bits per heavy atom. The Balaban J connectivity index is 1.27. The van der Waals surface area contributed by atoms with Crippen LogP contribution in [-0.2, 0) is 17.8 Å². The van der Waals surface area contributed by atoms with Gasteiger partial charge in [0.05, 0.1) is 34.0 Å². The number of benzene rings is 2. The predicted molar refractivity (Wildman–Crippen MR) is 160 cm³/mol. The number of aliphatic hydroxyl groups is 2. The Bertz CT molecular complexity index is 1580. The number of carboxylic acids is 1. The Morgan fingerprint density at radius 1 is 1.11 bits per heavy atom. The summed E-state index contributed by atoms with van der Waals surface area (Å²) in [5.41, 5.74) is 1.81. The fourth-order valence-corrected chi connectivity index (χ4v) is 6.69. The fourth-order valence-electron chi connectivity index (χ4n) is 5.93. The number of halogens is 2. The summed E-state index contributed by atoms with van der Waals surface area (Å²) >= 11 is 13.2. The molecular weight excluding hydrogens is 613 g/mol. The highest BCUT2D eigenvalue weighted by atomic mass is 35.5. The van der Waals surface area contributed by atoms with Crippen LogP contribution in [0.25, 0.3) is 11.0 Å². The molecule has 12 nitrogen and oxygen atoms in total. The number of nitriles is 1. The molecule has 0 radical (unpaired) electrons. The van der Waals surface area contributed by atoms with Gasteiger partial charge in [0.25, 0.3) is 11.8 Å². The lowest BCUT2D eigenvalue weighted by atomic mass is 9.83. The Morgan fingerprint density at radius 2 is 1.84 bits per heavy atom. The van der Waals surface area contributed by atoms with E-state index in [9.17, 15) is 35.0 Å². The van der Waals surface area contributed by atoms with E-state index in [1.54, 1.807) is 23.1 Å². The van der Waals surface area contributed by atoms with Crippen LogP contribution in [0.15, 0.2) is 40.8 Å². The van der Waals surface area contributed by atoms with E-state index in [0.717, 1.165) is 5.39 Å². The van der Waals surface area contributed by atoms with Crippen LogP contribution in [0.5, 0.6) is 0 Å². The first-order valence-corrected chi connectivity index (χ1v) is 14.9. The number of aliphatic hydroxyl groups excluding tert-OH is 2. The molecule has 1 saturated carbocycles. The zero-order chi connectivity index (χ0) is 31.5. The van der Waals surface area contributed by atoms with Crippen molar-refractivity contribution in [3.63, 3.8) is 0 Å². The van der Waals surface area contributed by atoms with Crippen molar-refractivity contribution in [2.75, 3.05) is 13.1 Å². The summed E-state index contributed by atoms with van der Waals surface area (Å²) in [6.07, 6.45) is 0.709. The fraction of sp³-hybridized carbons (Fsp3) is 0.400. The van der Waals surface area contributed by atoms with Gasteiger partial charge in [0.2, 0.25) is 0 Å². The highest BCUT2D eigenvalue weighted by Gasteiger charge is 2.34. The maximum atomic E-state index is 13.3. The van der Waals surface area contributed by atoms with E-state index >= 15 is 0 Å². The Kier molecular flexibility index (Phi) is 9.62. The van der Waals surface area contributed by atoms with Crippen LogP contribution in [0.1, 0.15) is 51.3 Å². The predicted octanol–water partition coefficient (Wildman–Crippen LogP) is 2.63. The first kappa shape index (κ1) is 31.6. The quantitative estimate of drug-likeness (QED) is 0.115. The van der Waals surface area contributed by atoms with Gasteiger partial charge in [-0.15, -0.1) is 0 Å². The molecule has 1 aliphatic heterocycles. The standard InChI is InChI=1S/C30H31Cl2N5O7/c31-21-9-17-13-37(29(41)24-10-15-3-1-2-4-23(15)44-24)6-5-20(17)26(32)25(21)28(40)36-22(30(42)43)12-34-27(35-14-33)16-7-18(38)11-19(39)8-16/h1-4,9-10,16,18-19,22,27,34-35,38-39H,5-8,11-13H2,(H,36,40)(H,42,43)/t16?,18-,19+,22-,27?/m0/s1. The van der Waals surface area contributed by atoms with Crippen LogP contribution in [0.3, 0.4) is 0 Å². The molecule has 232 valence electrons. The van der Waals surface area contributed by atoms with E-state index < -0.39 is 36.3 Å². The van der Waals surface area contributed by atoms with Crippen LogP contribution in [-0.4, -0.2) is 75.5 Å². The molecule has 0 saturated heterocycles. The van der Waals surface area contributed by atoms with E-state index in [-0.39, 0.29) is 52.7 Å². The van der Waals surface area contributed by atoms with E-state index in [2.05, 4.69) is 16.0 Å². The van der Waals surface area contributed by atoms with Crippen LogP contribution in [0, 0.1) is 17.4 Å². The van der Waals surface area contributed by atoms with Gasteiger partial charge < -0.3 is 35.3 Å². The van der Waals surface area contributed by atoms with Gasteiger partial charge in [-0.2, -0.15) is 5.26 Å². The number of hydrogen-bond acceptors (Lipinski definition) is 9. The van der Waals surface area contributed by atoms with E-state index in [1.807, 2.05) is 24.4 Å². The third-order valence-corrected chi connectivity index (χ3v) is 8.80. The number of furan rings is 1. The summed E-state index contributed by atoms with van der Waals surface area (Å²) in [5.74, 6) is -2.58. The maximum Gasteiger partial charge on any atom is 0.327 e. The molecule has 2 unspecified atom stereocenters. The first-order valence-electron chi connectivity index (χ1n) is 14.1.